The zero-order valence-electron chi connectivity index (χ0n) is 23.3. The largest absolute Gasteiger partial charge is 0.508 e. The van der Waals surface area contributed by atoms with Gasteiger partial charge in [-0.15, -0.1) is 0 Å². The third-order valence-electron chi connectivity index (χ3n) is 8.43. The number of nitrogens with zero attached hydrogens (tertiary/aromatic N) is 1. The number of amides is 2. The third kappa shape index (κ3) is 5.88. The summed E-state index contributed by atoms with van der Waals surface area (Å²) < 4.78 is 12.3. The van der Waals surface area contributed by atoms with E-state index >= 15 is 0 Å². The highest BCUT2D eigenvalue weighted by Gasteiger charge is 2.57. The minimum absolute atomic E-state index is 0.104. The Balaban J connectivity index is 1.45. The molecular weight excluding hydrogens is 505 g/mol. The number of allylic oxidation sites excluding steroid dienone is 1. The van der Waals surface area contributed by atoms with Gasteiger partial charge in [-0.3, -0.25) is 14.5 Å². The molecule has 5 rings (SSSR count). The highest BCUT2D eigenvalue weighted by Crippen LogP contribution is 2.50. The first-order valence-corrected chi connectivity index (χ1v) is 14.5. The van der Waals surface area contributed by atoms with Crippen LogP contribution in [0.4, 0.5) is 0 Å². The lowest BCUT2D eigenvalue weighted by Crippen LogP contribution is -2.46. The number of para-hydroxylation sites is 1. The number of phenols is 1. The van der Waals surface area contributed by atoms with Gasteiger partial charge in [0.25, 0.3) is 0 Å². The molecule has 7 nitrogen and oxygen atoms in total. The van der Waals surface area contributed by atoms with Gasteiger partial charge in [0, 0.05) is 6.54 Å². The van der Waals surface area contributed by atoms with Crippen molar-refractivity contribution in [2.75, 3.05) is 13.2 Å². The number of hydrogen-bond donors (Lipinski definition) is 2. The summed E-state index contributed by atoms with van der Waals surface area (Å²) in [4.78, 5) is 28.3. The van der Waals surface area contributed by atoms with Crippen LogP contribution < -0.4 is 4.74 Å². The van der Waals surface area contributed by atoms with Gasteiger partial charge in [-0.25, -0.2) is 0 Å². The quantitative estimate of drug-likeness (QED) is 0.241. The van der Waals surface area contributed by atoms with Crippen LogP contribution in [0.1, 0.15) is 51.5 Å². The summed E-state index contributed by atoms with van der Waals surface area (Å²) in [6.07, 6.45) is 5.37. The molecular formula is C32H38BNO6. The molecule has 2 N–H and O–H groups in total. The number of likely N-dealkylation sites (tertiary alicyclic amines) is 1. The summed E-state index contributed by atoms with van der Waals surface area (Å²) in [7, 11) is -1.00. The fourth-order valence-electron chi connectivity index (χ4n) is 6.61. The fraction of sp³-hybridized carbons (Fsp3) is 0.438. The van der Waals surface area contributed by atoms with E-state index in [4.69, 9.17) is 9.39 Å². The average Bonchev–Trinajstić information content (AvgIpc) is 3.19. The topological polar surface area (TPSA) is 96.3 Å². The SMILES string of the molecule is CCCN1C(=O)[C@@H]2[C@@H](CC(COc3ccccc3)=C3[C@@H](CC/C(=C/c4cccc(O)c4)CC)OB(O)C[C@@H]32)C1=O. The molecule has 0 saturated carbocycles. The van der Waals surface area contributed by atoms with E-state index in [-0.39, 0.29) is 29.6 Å². The molecule has 2 aromatic rings. The van der Waals surface area contributed by atoms with Gasteiger partial charge in [-0.1, -0.05) is 55.8 Å². The Hall–Kier alpha value is -3.36. The van der Waals surface area contributed by atoms with E-state index in [1.54, 1.807) is 12.1 Å². The summed E-state index contributed by atoms with van der Waals surface area (Å²) >= 11 is 0. The van der Waals surface area contributed by atoms with Crippen molar-refractivity contribution in [3.63, 3.8) is 0 Å². The van der Waals surface area contributed by atoms with E-state index in [1.807, 2.05) is 49.4 Å². The van der Waals surface area contributed by atoms with Crippen molar-refractivity contribution < 1.29 is 29.1 Å². The molecule has 0 bridgehead atoms. The van der Waals surface area contributed by atoms with Crippen molar-refractivity contribution in [2.45, 2.75) is 58.4 Å². The van der Waals surface area contributed by atoms with Crippen molar-refractivity contribution in [3.05, 3.63) is 76.9 Å². The van der Waals surface area contributed by atoms with Crippen molar-refractivity contribution in [1.29, 1.82) is 0 Å². The minimum Gasteiger partial charge on any atom is -0.508 e. The predicted molar refractivity (Wildman–Crippen MR) is 154 cm³/mol. The monoisotopic (exact) mass is 543 g/mol. The Morgan fingerprint density at radius 3 is 2.62 bits per heavy atom. The molecule has 3 aliphatic rings. The van der Waals surface area contributed by atoms with Gasteiger partial charge in [-0.2, -0.15) is 0 Å². The number of imide groups is 1. The van der Waals surface area contributed by atoms with E-state index in [0.29, 0.717) is 38.7 Å². The first-order chi connectivity index (χ1) is 19.4. The van der Waals surface area contributed by atoms with Crippen molar-refractivity contribution in [2.24, 2.45) is 17.8 Å². The molecule has 2 fully saturated rings. The van der Waals surface area contributed by atoms with Gasteiger partial charge in [-0.05, 0) is 85.3 Å². The second-order valence-electron chi connectivity index (χ2n) is 11.0. The number of benzene rings is 2. The van der Waals surface area contributed by atoms with Crippen LogP contribution in [0.2, 0.25) is 6.32 Å². The highest BCUT2D eigenvalue weighted by atomic mass is 16.5. The number of hydrogen-bond acceptors (Lipinski definition) is 6. The lowest BCUT2D eigenvalue weighted by molar-refractivity contribution is -0.140. The Kier molecular flexibility index (Phi) is 8.77. The second-order valence-corrected chi connectivity index (χ2v) is 11.0. The molecule has 0 spiro atoms. The van der Waals surface area contributed by atoms with Gasteiger partial charge in [0.1, 0.15) is 18.1 Å². The number of phenolic OH excluding ortho intramolecular Hbond substituents is 1. The van der Waals surface area contributed by atoms with Crippen molar-refractivity contribution in [1.82, 2.24) is 4.90 Å². The molecule has 0 unspecified atom stereocenters. The van der Waals surface area contributed by atoms with Gasteiger partial charge in [0.15, 0.2) is 0 Å². The Morgan fingerprint density at radius 1 is 1.10 bits per heavy atom. The standard InChI is InChI=1S/C32H38BNO6/c1-3-15-34-31(36)26-18-23(20-39-25-11-6-5-7-12-25)29-27(30(26)32(34)37)19-33(38)40-28(29)14-13-21(4-2)16-22-9-8-10-24(35)17-22/h5-12,16-17,26-28,30,35,38H,3-4,13-15,18-20H2,1-2H3/b21-16+/t26-,27+,28-,30-/m1/s1. The first kappa shape index (κ1) is 28.2. The number of carbonyl (C=O) groups excluding carboxylic acids is 2. The number of ether oxygens (including phenoxy) is 1. The number of carbonyl (C=O) groups is 2. The van der Waals surface area contributed by atoms with Gasteiger partial charge in [0.2, 0.25) is 11.8 Å². The summed E-state index contributed by atoms with van der Waals surface area (Å²) in [5.41, 5.74) is 4.15. The van der Waals surface area contributed by atoms with Gasteiger partial charge in [0.05, 0.1) is 17.9 Å². The first-order valence-electron chi connectivity index (χ1n) is 14.5. The van der Waals surface area contributed by atoms with Crippen LogP contribution >= 0.6 is 0 Å². The molecule has 2 aromatic carbocycles. The number of aromatic hydroxyl groups is 1. The zero-order chi connectivity index (χ0) is 28.2. The lowest BCUT2D eigenvalue weighted by atomic mass is 9.58. The summed E-state index contributed by atoms with van der Waals surface area (Å²) in [6.45, 7) is 4.80. The van der Waals surface area contributed by atoms with Crippen LogP contribution in [0.5, 0.6) is 11.5 Å². The molecule has 2 heterocycles. The molecule has 0 aromatic heterocycles. The van der Waals surface area contributed by atoms with E-state index in [2.05, 4.69) is 13.0 Å². The van der Waals surface area contributed by atoms with Crippen LogP contribution in [0, 0.1) is 17.8 Å². The predicted octanol–water partition coefficient (Wildman–Crippen LogP) is 5.25. The maximum atomic E-state index is 13.5. The van der Waals surface area contributed by atoms with Crippen molar-refractivity contribution in [3.8, 4) is 11.5 Å². The Labute approximate surface area is 236 Å². The van der Waals surface area contributed by atoms with Gasteiger partial charge >= 0.3 is 7.12 Å². The molecule has 1 aliphatic carbocycles. The summed E-state index contributed by atoms with van der Waals surface area (Å²) in [6, 6.07) is 16.7. The van der Waals surface area contributed by atoms with Crippen LogP contribution in [-0.2, 0) is 14.2 Å². The summed E-state index contributed by atoms with van der Waals surface area (Å²) in [5, 5.41) is 20.7. The van der Waals surface area contributed by atoms with Crippen LogP contribution in [0.3, 0.4) is 0 Å². The molecule has 2 amide bonds. The number of rotatable bonds is 10. The van der Waals surface area contributed by atoms with E-state index in [9.17, 15) is 19.7 Å². The lowest BCUT2D eigenvalue weighted by Gasteiger charge is -2.43. The Bertz CT molecular complexity index is 1290. The van der Waals surface area contributed by atoms with Crippen molar-refractivity contribution >= 4 is 25.0 Å². The highest BCUT2D eigenvalue weighted by molar-refractivity contribution is 6.43. The fourth-order valence-corrected chi connectivity index (χ4v) is 6.61. The summed E-state index contributed by atoms with van der Waals surface area (Å²) in [5.74, 6) is -0.412. The molecule has 4 atom stereocenters. The Morgan fingerprint density at radius 2 is 1.90 bits per heavy atom. The maximum absolute atomic E-state index is 13.5. The molecule has 8 heteroatoms. The molecule has 2 aliphatic heterocycles. The van der Waals surface area contributed by atoms with E-state index < -0.39 is 19.0 Å². The van der Waals surface area contributed by atoms with E-state index in [0.717, 1.165) is 35.3 Å². The van der Waals surface area contributed by atoms with Gasteiger partial charge < -0.3 is 19.5 Å². The zero-order valence-corrected chi connectivity index (χ0v) is 23.3. The molecule has 210 valence electrons. The van der Waals surface area contributed by atoms with Crippen LogP contribution in [-0.4, -0.2) is 53.2 Å². The van der Waals surface area contributed by atoms with Crippen LogP contribution in [0.15, 0.2) is 71.3 Å². The normalized spacial score (nSPS) is 24.8. The number of fused-ring (bicyclic) bond motifs is 3. The van der Waals surface area contributed by atoms with Crippen LogP contribution in [0.25, 0.3) is 6.08 Å². The molecule has 2 saturated heterocycles. The molecule has 0 radical (unpaired) electrons. The van der Waals surface area contributed by atoms with E-state index in [1.165, 1.54) is 10.5 Å². The minimum atomic E-state index is -1.00. The molecule has 40 heavy (non-hydrogen) atoms. The second kappa shape index (κ2) is 12.4. The maximum Gasteiger partial charge on any atom is 0.455 e. The average molecular weight is 543 g/mol. The smallest absolute Gasteiger partial charge is 0.455 e. The third-order valence-corrected chi connectivity index (χ3v) is 8.43.